The number of rotatable bonds is 7. The van der Waals surface area contributed by atoms with E-state index in [1.807, 2.05) is 85.8 Å². The molecule has 5 rings (SSSR count). The van der Waals surface area contributed by atoms with Crippen molar-refractivity contribution in [2.75, 3.05) is 6.79 Å². The average molecular weight is 471 g/mol. The van der Waals surface area contributed by atoms with Crippen molar-refractivity contribution in [3.05, 3.63) is 84.4 Å². The van der Waals surface area contributed by atoms with E-state index in [9.17, 15) is 4.79 Å². The van der Waals surface area contributed by atoms with E-state index in [1.165, 1.54) is 11.8 Å². The smallest absolute Gasteiger partial charge is 0.233 e. The van der Waals surface area contributed by atoms with Crippen molar-refractivity contribution in [3.8, 4) is 34.0 Å². The summed E-state index contributed by atoms with van der Waals surface area (Å²) in [6, 6.07) is 25.4. The number of thioether (sulfide) groups is 1. The maximum Gasteiger partial charge on any atom is 0.233 e. The molecular formula is C26H22N4O3S. The molecule has 0 saturated heterocycles. The third-order valence-electron chi connectivity index (χ3n) is 5.32. The van der Waals surface area contributed by atoms with E-state index in [0.717, 1.165) is 28.1 Å². The van der Waals surface area contributed by atoms with E-state index in [2.05, 4.69) is 15.5 Å². The number of carbonyl (C=O) groups is 1. The minimum atomic E-state index is -0.401. The number of nitrogens with zero attached hydrogens (tertiary/aromatic N) is 3. The van der Waals surface area contributed by atoms with Crippen LogP contribution in [0.15, 0.2) is 84.0 Å². The third-order valence-corrected chi connectivity index (χ3v) is 6.27. The molecule has 0 bridgehead atoms. The molecule has 170 valence electrons. The van der Waals surface area contributed by atoms with Crippen molar-refractivity contribution >= 4 is 17.7 Å². The Bertz CT molecular complexity index is 1300. The molecule has 0 fully saturated rings. The number of fused-ring (bicyclic) bond motifs is 1. The third kappa shape index (κ3) is 4.87. The second-order valence-corrected chi connectivity index (χ2v) is 9.00. The molecule has 0 spiro atoms. The first-order valence-electron chi connectivity index (χ1n) is 10.9. The van der Waals surface area contributed by atoms with Crippen molar-refractivity contribution in [2.45, 2.75) is 23.9 Å². The van der Waals surface area contributed by atoms with Gasteiger partial charge in [0.15, 0.2) is 11.5 Å². The summed E-state index contributed by atoms with van der Waals surface area (Å²) < 4.78 is 10.7. The van der Waals surface area contributed by atoms with Gasteiger partial charge in [-0.05, 0) is 24.6 Å². The van der Waals surface area contributed by atoms with Crippen molar-refractivity contribution in [1.82, 2.24) is 20.5 Å². The van der Waals surface area contributed by atoms with E-state index < -0.39 is 5.25 Å². The van der Waals surface area contributed by atoms with E-state index in [-0.39, 0.29) is 12.7 Å². The van der Waals surface area contributed by atoms with Crippen molar-refractivity contribution < 1.29 is 14.3 Å². The zero-order valence-electron chi connectivity index (χ0n) is 18.5. The molecule has 1 atom stereocenters. The highest BCUT2D eigenvalue weighted by Crippen LogP contribution is 2.33. The Kier molecular flexibility index (Phi) is 6.40. The van der Waals surface area contributed by atoms with Gasteiger partial charge in [-0.2, -0.15) is 0 Å². The molecule has 1 unspecified atom stereocenters. The largest absolute Gasteiger partial charge is 0.454 e. The van der Waals surface area contributed by atoms with Crippen molar-refractivity contribution in [2.24, 2.45) is 0 Å². The molecule has 1 aliphatic rings. The van der Waals surface area contributed by atoms with Gasteiger partial charge in [0.05, 0.1) is 5.25 Å². The summed E-state index contributed by atoms with van der Waals surface area (Å²) >= 11 is 1.28. The monoisotopic (exact) mass is 470 g/mol. The Morgan fingerprint density at radius 1 is 0.912 bits per heavy atom. The second-order valence-electron chi connectivity index (χ2n) is 7.69. The van der Waals surface area contributed by atoms with Crippen LogP contribution >= 0.6 is 11.8 Å². The summed E-state index contributed by atoms with van der Waals surface area (Å²) in [6.07, 6.45) is 0. The molecule has 0 saturated carbocycles. The van der Waals surface area contributed by atoms with E-state index in [0.29, 0.717) is 23.1 Å². The number of ether oxygens (including phenoxy) is 2. The van der Waals surface area contributed by atoms with Gasteiger partial charge in [-0.25, -0.2) is 4.98 Å². The number of carbonyl (C=O) groups excluding carboxylic acids is 1. The molecule has 4 aromatic rings. The van der Waals surface area contributed by atoms with Crippen LogP contribution in [-0.4, -0.2) is 33.1 Å². The van der Waals surface area contributed by atoms with Crippen LogP contribution in [0.1, 0.15) is 12.5 Å². The lowest BCUT2D eigenvalue weighted by atomic mass is 10.0. The van der Waals surface area contributed by atoms with Crippen LogP contribution in [0.25, 0.3) is 22.5 Å². The Hall–Kier alpha value is -3.91. The normalized spacial score (nSPS) is 12.9. The molecule has 1 amide bonds. The van der Waals surface area contributed by atoms with Gasteiger partial charge in [0.25, 0.3) is 0 Å². The summed E-state index contributed by atoms with van der Waals surface area (Å²) in [7, 11) is 0. The van der Waals surface area contributed by atoms with Crippen LogP contribution in [0.5, 0.6) is 11.5 Å². The fourth-order valence-electron chi connectivity index (χ4n) is 3.54. The highest BCUT2D eigenvalue weighted by atomic mass is 32.2. The number of hydrogen-bond acceptors (Lipinski definition) is 7. The molecule has 1 N–H and O–H groups in total. The fraction of sp³-hybridized carbons (Fsp3) is 0.154. The van der Waals surface area contributed by atoms with Gasteiger partial charge in [0.2, 0.25) is 17.9 Å². The first kappa shape index (κ1) is 21.9. The fourth-order valence-corrected chi connectivity index (χ4v) is 4.28. The SMILES string of the molecule is CC(Sc1nnc(-c2ccccc2)c(-c2ccccc2)n1)C(=O)NCc1ccc2c(c1)OCO2. The number of amides is 1. The number of hydrogen-bond donors (Lipinski definition) is 1. The van der Waals surface area contributed by atoms with Gasteiger partial charge in [0.1, 0.15) is 11.4 Å². The zero-order valence-corrected chi connectivity index (χ0v) is 19.3. The molecule has 1 aliphatic heterocycles. The first-order valence-corrected chi connectivity index (χ1v) is 11.7. The molecule has 2 heterocycles. The zero-order chi connectivity index (χ0) is 23.3. The number of nitrogens with one attached hydrogen (secondary N) is 1. The minimum absolute atomic E-state index is 0.111. The van der Waals surface area contributed by atoms with Crippen molar-refractivity contribution in [1.29, 1.82) is 0 Å². The van der Waals surface area contributed by atoms with Gasteiger partial charge in [-0.1, -0.05) is 78.5 Å². The van der Waals surface area contributed by atoms with Gasteiger partial charge in [-0.3, -0.25) is 4.79 Å². The molecule has 0 radical (unpaired) electrons. The summed E-state index contributed by atoms with van der Waals surface area (Å²) in [5.41, 5.74) is 4.25. The van der Waals surface area contributed by atoms with Crippen LogP contribution in [0, 0.1) is 0 Å². The molecule has 3 aromatic carbocycles. The van der Waals surface area contributed by atoms with Gasteiger partial charge in [-0.15, -0.1) is 10.2 Å². The first-order chi connectivity index (χ1) is 16.7. The molecule has 34 heavy (non-hydrogen) atoms. The molecule has 1 aromatic heterocycles. The molecule has 8 heteroatoms. The maximum atomic E-state index is 12.7. The van der Waals surface area contributed by atoms with E-state index in [1.54, 1.807) is 0 Å². The van der Waals surface area contributed by atoms with Crippen LogP contribution < -0.4 is 14.8 Å². The maximum absolute atomic E-state index is 12.7. The van der Waals surface area contributed by atoms with Crippen LogP contribution in [0.4, 0.5) is 0 Å². The van der Waals surface area contributed by atoms with E-state index >= 15 is 0 Å². The molecule has 7 nitrogen and oxygen atoms in total. The highest BCUT2D eigenvalue weighted by Gasteiger charge is 2.20. The summed E-state index contributed by atoms with van der Waals surface area (Å²) in [4.78, 5) is 17.5. The Morgan fingerprint density at radius 2 is 1.59 bits per heavy atom. The predicted molar refractivity (Wildman–Crippen MR) is 130 cm³/mol. The Morgan fingerprint density at radius 3 is 2.32 bits per heavy atom. The van der Waals surface area contributed by atoms with Gasteiger partial charge < -0.3 is 14.8 Å². The van der Waals surface area contributed by atoms with Crippen LogP contribution in [0.2, 0.25) is 0 Å². The lowest BCUT2D eigenvalue weighted by Crippen LogP contribution is -2.30. The standard InChI is InChI=1S/C26H22N4O3S/c1-17(25(31)27-15-18-12-13-21-22(14-18)33-16-32-21)34-26-28-23(19-8-4-2-5-9-19)24(29-30-26)20-10-6-3-7-11-20/h2-14,17H,15-16H2,1H3,(H,27,31). The van der Waals surface area contributed by atoms with E-state index in [4.69, 9.17) is 14.5 Å². The highest BCUT2D eigenvalue weighted by molar-refractivity contribution is 8.00. The van der Waals surface area contributed by atoms with Crippen LogP contribution in [-0.2, 0) is 11.3 Å². The quantitative estimate of drug-likeness (QED) is 0.391. The Labute approximate surface area is 201 Å². The molecular weight excluding hydrogens is 448 g/mol. The summed E-state index contributed by atoms with van der Waals surface area (Å²) in [5.74, 6) is 1.30. The van der Waals surface area contributed by atoms with Crippen LogP contribution in [0.3, 0.4) is 0 Å². The average Bonchev–Trinajstić information content (AvgIpc) is 3.36. The lowest BCUT2D eigenvalue weighted by Gasteiger charge is -2.13. The minimum Gasteiger partial charge on any atom is -0.454 e. The summed E-state index contributed by atoms with van der Waals surface area (Å²) in [6.45, 7) is 2.44. The van der Waals surface area contributed by atoms with Crippen molar-refractivity contribution in [3.63, 3.8) is 0 Å². The van der Waals surface area contributed by atoms with Gasteiger partial charge >= 0.3 is 0 Å². The van der Waals surface area contributed by atoms with Gasteiger partial charge in [0, 0.05) is 17.7 Å². The topological polar surface area (TPSA) is 86.2 Å². The Balaban J connectivity index is 1.31. The second kappa shape index (κ2) is 9.93. The number of benzene rings is 3. The lowest BCUT2D eigenvalue weighted by molar-refractivity contribution is -0.120. The molecule has 0 aliphatic carbocycles. The number of aromatic nitrogens is 3. The predicted octanol–water partition coefficient (Wildman–Crippen LogP) is 4.73. The summed E-state index contributed by atoms with van der Waals surface area (Å²) in [5, 5.41) is 11.8.